The summed E-state index contributed by atoms with van der Waals surface area (Å²) >= 11 is 11.9. The van der Waals surface area contributed by atoms with Crippen molar-refractivity contribution < 1.29 is 17.6 Å². The third kappa shape index (κ3) is 4.60. The van der Waals surface area contributed by atoms with E-state index in [1.807, 2.05) is 0 Å². The van der Waals surface area contributed by atoms with Gasteiger partial charge in [0.25, 0.3) is 0 Å². The van der Waals surface area contributed by atoms with E-state index in [-0.39, 0.29) is 17.3 Å². The van der Waals surface area contributed by atoms with Crippen molar-refractivity contribution in [3.8, 4) is 0 Å². The molecule has 0 radical (unpaired) electrons. The van der Waals surface area contributed by atoms with Gasteiger partial charge in [0.05, 0.1) is 21.5 Å². The van der Waals surface area contributed by atoms with Gasteiger partial charge in [-0.3, -0.25) is 4.79 Å². The predicted octanol–water partition coefficient (Wildman–Crippen LogP) is 4.17. The second-order valence-electron chi connectivity index (χ2n) is 6.27. The standard InChI is InChI=1S/C18H17Cl2FN2O3S/c19-13-3-8-17(16(20)10-13)22-18(24)12-2-1-9-23(11-12)27(25,26)15-6-4-14(21)5-7-15/h3-8,10,12H,1-2,9,11H2,(H,22,24). The van der Waals surface area contributed by atoms with E-state index >= 15 is 0 Å². The first-order valence-corrected chi connectivity index (χ1v) is 10.5. The Balaban J connectivity index is 1.73. The van der Waals surface area contributed by atoms with Gasteiger partial charge in [-0.15, -0.1) is 0 Å². The van der Waals surface area contributed by atoms with Crippen molar-refractivity contribution >= 4 is 44.8 Å². The van der Waals surface area contributed by atoms with Gasteiger partial charge in [-0.05, 0) is 55.3 Å². The normalized spacial score (nSPS) is 18.3. The Morgan fingerprint density at radius 1 is 1.15 bits per heavy atom. The summed E-state index contributed by atoms with van der Waals surface area (Å²) in [5.41, 5.74) is 0.421. The summed E-state index contributed by atoms with van der Waals surface area (Å²) in [7, 11) is -3.79. The maximum atomic E-state index is 13.1. The van der Waals surface area contributed by atoms with Crippen LogP contribution in [0.4, 0.5) is 10.1 Å². The summed E-state index contributed by atoms with van der Waals surface area (Å²) in [6, 6.07) is 9.37. The SMILES string of the molecule is O=C(Nc1ccc(Cl)cc1Cl)C1CCCN(S(=O)(=O)c2ccc(F)cc2)C1. The first kappa shape index (κ1) is 20.1. The van der Waals surface area contributed by atoms with Crippen molar-refractivity contribution in [2.45, 2.75) is 17.7 Å². The number of sulfonamides is 1. The van der Waals surface area contributed by atoms with Crippen LogP contribution in [0.1, 0.15) is 12.8 Å². The average Bonchev–Trinajstić information content (AvgIpc) is 2.64. The van der Waals surface area contributed by atoms with E-state index in [1.54, 1.807) is 12.1 Å². The molecule has 27 heavy (non-hydrogen) atoms. The van der Waals surface area contributed by atoms with Crippen molar-refractivity contribution in [1.82, 2.24) is 4.31 Å². The first-order valence-electron chi connectivity index (χ1n) is 8.29. The minimum atomic E-state index is -3.79. The number of piperidine rings is 1. The molecule has 5 nitrogen and oxygen atoms in total. The highest BCUT2D eigenvalue weighted by molar-refractivity contribution is 7.89. The van der Waals surface area contributed by atoms with Crippen molar-refractivity contribution in [1.29, 1.82) is 0 Å². The number of amides is 1. The van der Waals surface area contributed by atoms with Crippen molar-refractivity contribution in [3.05, 3.63) is 58.3 Å². The fourth-order valence-electron chi connectivity index (χ4n) is 2.96. The van der Waals surface area contributed by atoms with Crippen LogP contribution < -0.4 is 5.32 Å². The number of hydrogen-bond donors (Lipinski definition) is 1. The van der Waals surface area contributed by atoms with E-state index in [9.17, 15) is 17.6 Å². The summed E-state index contributed by atoms with van der Waals surface area (Å²) in [4.78, 5) is 12.6. The van der Waals surface area contributed by atoms with Crippen molar-refractivity contribution in [2.24, 2.45) is 5.92 Å². The van der Waals surface area contributed by atoms with Crippen LogP contribution in [0, 0.1) is 11.7 Å². The van der Waals surface area contributed by atoms with Gasteiger partial charge in [0.15, 0.2) is 0 Å². The van der Waals surface area contributed by atoms with Crippen LogP contribution in [-0.4, -0.2) is 31.7 Å². The number of rotatable bonds is 4. The Morgan fingerprint density at radius 3 is 2.52 bits per heavy atom. The second-order valence-corrected chi connectivity index (χ2v) is 9.05. The Hall–Kier alpha value is -1.67. The lowest BCUT2D eigenvalue weighted by Crippen LogP contribution is -2.43. The lowest BCUT2D eigenvalue weighted by molar-refractivity contribution is -0.120. The van der Waals surface area contributed by atoms with Crippen molar-refractivity contribution in [3.63, 3.8) is 0 Å². The molecule has 1 aliphatic heterocycles. The van der Waals surface area contributed by atoms with E-state index in [0.717, 1.165) is 12.1 Å². The highest BCUT2D eigenvalue weighted by atomic mass is 35.5. The van der Waals surface area contributed by atoms with Crippen LogP contribution in [0.3, 0.4) is 0 Å². The van der Waals surface area contributed by atoms with E-state index in [2.05, 4.69) is 5.32 Å². The molecule has 3 rings (SSSR count). The molecule has 0 aromatic heterocycles. The number of carbonyl (C=O) groups is 1. The van der Waals surface area contributed by atoms with Gasteiger partial charge in [0, 0.05) is 18.1 Å². The zero-order valence-corrected chi connectivity index (χ0v) is 16.5. The summed E-state index contributed by atoms with van der Waals surface area (Å²) < 4.78 is 39.8. The lowest BCUT2D eigenvalue weighted by Gasteiger charge is -2.31. The summed E-state index contributed by atoms with van der Waals surface area (Å²) in [5.74, 6) is -1.33. The Bertz CT molecular complexity index is 952. The van der Waals surface area contributed by atoms with Crippen LogP contribution in [0.15, 0.2) is 47.4 Å². The quantitative estimate of drug-likeness (QED) is 0.790. The molecular weight excluding hydrogens is 414 g/mol. The van der Waals surface area contributed by atoms with Gasteiger partial charge in [-0.2, -0.15) is 4.31 Å². The number of nitrogens with one attached hydrogen (secondary N) is 1. The predicted molar refractivity (Wildman–Crippen MR) is 103 cm³/mol. The average molecular weight is 431 g/mol. The molecule has 0 saturated carbocycles. The summed E-state index contributed by atoms with van der Waals surface area (Å²) in [6.07, 6.45) is 1.11. The Morgan fingerprint density at radius 2 is 1.85 bits per heavy atom. The lowest BCUT2D eigenvalue weighted by atomic mass is 9.99. The third-order valence-electron chi connectivity index (χ3n) is 4.40. The first-order chi connectivity index (χ1) is 12.8. The van der Waals surface area contributed by atoms with E-state index < -0.39 is 21.8 Å². The van der Waals surface area contributed by atoms with Crippen LogP contribution in [0.2, 0.25) is 10.0 Å². The molecule has 1 atom stereocenters. The molecule has 1 heterocycles. The number of anilines is 1. The molecule has 1 aliphatic rings. The van der Waals surface area contributed by atoms with Gasteiger partial charge in [-0.1, -0.05) is 23.2 Å². The minimum Gasteiger partial charge on any atom is -0.324 e. The molecule has 1 fully saturated rings. The largest absolute Gasteiger partial charge is 0.324 e. The van der Waals surface area contributed by atoms with E-state index in [1.165, 1.54) is 22.5 Å². The molecule has 2 aromatic carbocycles. The molecule has 1 amide bonds. The molecule has 0 bridgehead atoms. The molecule has 0 spiro atoms. The topological polar surface area (TPSA) is 66.5 Å². The zero-order valence-electron chi connectivity index (χ0n) is 14.2. The number of benzene rings is 2. The smallest absolute Gasteiger partial charge is 0.243 e. The van der Waals surface area contributed by atoms with Gasteiger partial charge >= 0.3 is 0 Å². The van der Waals surface area contributed by atoms with Crippen molar-refractivity contribution in [2.75, 3.05) is 18.4 Å². The van der Waals surface area contributed by atoms with Gasteiger partial charge in [0.2, 0.25) is 15.9 Å². The molecule has 2 aromatic rings. The third-order valence-corrected chi connectivity index (χ3v) is 6.82. The summed E-state index contributed by atoms with van der Waals surface area (Å²) in [5, 5.41) is 3.48. The molecule has 9 heteroatoms. The molecule has 1 saturated heterocycles. The Kier molecular flexibility index (Phi) is 6.05. The second kappa shape index (κ2) is 8.14. The number of halogens is 3. The number of nitrogens with zero attached hydrogens (tertiary/aromatic N) is 1. The van der Waals surface area contributed by atoms with Crippen LogP contribution >= 0.6 is 23.2 Å². The zero-order chi connectivity index (χ0) is 19.6. The minimum absolute atomic E-state index is 0.00528. The number of carbonyl (C=O) groups excluding carboxylic acids is 1. The van der Waals surface area contributed by atoms with Gasteiger partial charge < -0.3 is 5.32 Å². The highest BCUT2D eigenvalue weighted by Gasteiger charge is 2.33. The molecule has 1 unspecified atom stereocenters. The van der Waals surface area contributed by atoms with Gasteiger partial charge in [0.1, 0.15) is 5.82 Å². The van der Waals surface area contributed by atoms with Gasteiger partial charge in [-0.25, -0.2) is 12.8 Å². The summed E-state index contributed by atoms with van der Waals surface area (Å²) in [6.45, 7) is 0.363. The van der Waals surface area contributed by atoms with Crippen LogP contribution in [0.5, 0.6) is 0 Å². The molecule has 1 N–H and O–H groups in total. The fraction of sp³-hybridized carbons (Fsp3) is 0.278. The fourth-order valence-corrected chi connectivity index (χ4v) is 4.94. The molecule has 144 valence electrons. The molecule has 0 aliphatic carbocycles. The van der Waals surface area contributed by atoms with E-state index in [4.69, 9.17) is 23.2 Å². The molecular formula is C18H17Cl2FN2O3S. The highest BCUT2D eigenvalue weighted by Crippen LogP contribution is 2.28. The maximum Gasteiger partial charge on any atom is 0.243 e. The monoisotopic (exact) mass is 430 g/mol. The van der Waals surface area contributed by atoms with Crippen LogP contribution in [-0.2, 0) is 14.8 Å². The maximum absolute atomic E-state index is 13.1. The van der Waals surface area contributed by atoms with E-state index in [0.29, 0.717) is 35.1 Å². The number of hydrogen-bond acceptors (Lipinski definition) is 3. The Labute approximate surface area is 167 Å². The van der Waals surface area contributed by atoms with Crippen LogP contribution in [0.25, 0.3) is 0 Å².